The van der Waals surface area contributed by atoms with Crippen molar-refractivity contribution in [2.75, 3.05) is 5.50 Å². The highest BCUT2D eigenvalue weighted by Crippen LogP contribution is 2.10. The van der Waals surface area contributed by atoms with E-state index in [1.165, 1.54) is 5.19 Å². The zero-order valence-electron chi connectivity index (χ0n) is 7.27. The Balaban J connectivity index is 2.96. The Labute approximate surface area is 88.1 Å². The molecule has 1 rings (SSSR count). The molecule has 0 aliphatic carbocycles. The van der Waals surface area contributed by atoms with Crippen LogP contribution < -0.4 is 5.19 Å². The van der Waals surface area contributed by atoms with Crippen LogP contribution in [0.5, 0.6) is 0 Å². The zero-order valence-corrected chi connectivity index (χ0v) is 10.6. The van der Waals surface area contributed by atoms with Gasteiger partial charge in [0.05, 0.1) is 8.07 Å². The van der Waals surface area contributed by atoms with E-state index < -0.39 is 8.07 Å². The number of alkyl halides is 1. The van der Waals surface area contributed by atoms with Gasteiger partial charge in [-0.25, -0.2) is 0 Å². The van der Waals surface area contributed by atoms with Gasteiger partial charge in [0, 0.05) is 9.98 Å². The minimum Gasteiger partial charge on any atom is -0.130 e. The molecular formula is C9H12BrClSi. The molecule has 1 aromatic rings. The van der Waals surface area contributed by atoms with Crippen LogP contribution in [-0.2, 0) is 0 Å². The second-order valence-electron chi connectivity index (χ2n) is 3.52. The second-order valence-corrected chi connectivity index (χ2v) is 9.85. The van der Waals surface area contributed by atoms with E-state index in [4.69, 9.17) is 11.6 Å². The first-order valence-corrected chi connectivity index (χ1v) is 8.42. The van der Waals surface area contributed by atoms with E-state index in [9.17, 15) is 0 Å². The molecule has 0 amide bonds. The first-order valence-electron chi connectivity index (χ1n) is 3.88. The molecule has 12 heavy (non-hydrogen) atoms. The Morgan fingerprint density at radius 3 is 2.17 bits per heavy atom. The summed E-state index contributed by atoms with van der Waals surface area (Å²) in [4.78, 5) is 0. The summed E-state index contributed by atoms with van der Waals surface area (Å²) < 4.78 is 1.13. The molecule has 0 radical (unpaired) electrons. The second kappa shape index (κ2) is 3.94. The highest BCUT2D eigenvalue weighted by atomic mass is 79.9. The summed E-state index contributed by atoms with van der Waals surface area (Å²) >= 11 is 9.33. The molecule has 0 heterocycles. The van der Waals surface area contributed by atoms with Crippen molar-refractivity contribution in [1.29, 1.82) is 0 Å². The predicted molar refractivity (Wildman–Crippen MR) is 62.0 cm³/mol. The van der Waals surface area contributed by atoms with Gasteiger partial charge in [-0.2, -0.15) is 0 Å². The molecular weight excluding hydrogens is 252 g/mol. The average molecular weight is 264 g/mol. The summed E-state index contributed by atoms with van der Waals surface area (Å²) in [5.74, 6) is 0. The van der Waals surface area contributed by atoms with Crippen molar-refractivity contribution in [1.82, 2.24) is 0 Å². The Bertz CT molecular complexity index is 256. The highest BCUT2D eigenvalue weighted by Gasteiger charge is 2.21. The van der Waals surface area contributed by atoms with E-state index in [2.05, 4.69) is 53.3 Å². The molecule has 0 N–H and O–H groups in total. The van der Waals surface area contributed by atoms with Gasteiger partial charge in [-0.3, -0.25) is 0 Å². The summed E-state index contributed by atoms with van der Waals surface area (Å²) in [5.41, 5.74) is 0.786. The Morgan fingerprint density at radius 1 is 1.25 bits per heavy atom. The molecule has 0 fully saturated rings. The van der Waals surface area contributed by atoms with Gasteiger partial charge in [-0.1, -0.05) is 46.3 Å². The Kier molecular flexibility index (Phi) is 3.38. The number of halogens is 2. The molecule has 1 aromatic carbocycles. The fourth-order valence-corrected chi connectivity index (χ4v) is 2.93. The maximum absolute atomic E-state index is 5.92. The number of benzene rings is 1. The Morgan fingerprint density at radius 2 is 1.75 bits per heavy atom. The van der Waals surface area contributed by atoms with E-state index in [-0.39, 0.29) is 0 Å². The highest BCUT2D eigenvalue weighted by molar-refractivity contribution is 9.10. The largest absolute Gasteiger partial charge is 0.130 e. The van der Waals surface area contributed by atoms with E-state index in [1.807, 2.05) is 0 Å². The molecule has 0 unspecified atom stereocenters. The number of hydrogen-bond donors (Lipinski definition) is 0. The van der Waals surface area contributed by atoms with Crippen molar-refractivity contribution in [3.05, 3.63) is 28.7 Å². The van der Waals surface area contributed by atoms with Crippen molar-refractivity contribution in [2.24, 2.45) is 0 Å². The van der Waals surface area contributed by atoms with Gasteiger partial charge >= 0.3 is 0 Å². The fourth-order valence-electron chi connectivity index (χ4n) is 0.978. The maximum atomic E-state index is 5.92. The molecule has 66 valence electrons. The maximum Gasteiger partial charge on any atom is 0.0959 e. The lowest BCUT2D eigenvalue weighted by atomic mass is 10.4. The smallest absolute Gasteiger partial charge is 0.0959 e. The molecule has 0 bridgehead atoms. The first-order chi connectivity index (χ1) is 5.56. The van der Waals surface area contributed by atoms with Crippen molar-refractivity contribution in [2.45, 2.75) is 13.1 Å². The van der Waals surface area contributed by atoms with Gasteiger partial charge in [-0.05, 0) is 12.1 Å². The van der Waals surface area contributed by atoms with Gasteiger partial charge in [0.15, 0.2) is 0 Å². The minimum absolute atomic E-state index is 0.786. The van der Waals surface area contributed by atoms with Gasteiger partial charge in [0.25, 0.3) is 0 Å². The van der Waals surface area contributed by atoms with E-state index >= 15 is 0 Å². The monoisotopic (exact) mass is 262 g/mol. The van der Waals surface area contributed by atoms with E-state index in [0.29, 0.717) is 0 Å². The van der Waals surface area contributed by atoms with Crippen LogP contribution in [0.1, 0.15) is 0 Å². The fraction of sp³-hybridized carbons (Fsp3) is 0.333. The third-order valence-corrected chi connectivity index (χ3v) is 7.06. The van der Waals surface area contributed by atoms with E-state index in [0.717, 1.165) is 9.98 Å². The lowest BCUT2D eigenvalue weighted by Gasteiger charge is -2.19. The normalized spacial score (nSPS) is 11.7. The van der Waals surface area contributed by atoms with Crippen LogP contribution >= 0.6 is 27.5 Å². The van der Waals surface area contributed by atoms with Crippen molar-refractivity contribution in [3.8, 4) is 0 Å². The van der Waals surface area contributed by atoms with Crippen LogP contribution in [0, 0.1) is 0 Å². The summed E-state index contributed by atoms with van der Waals surface area (Å²) in [6.07, 6.45) is 0. The molecule has 3 heteroatoms. The molecule has 0 aliphatic rings. The van der Waals surface area contributed by atoms with Crippen LogP contribution in [-0.4, -0.2) is 13.6 Å². The number of hydrogen-bond acceptors (Lipinski definition) is 0. The Hall–Kier alpha value is 0.207. The summed E-state index contributed by atoms with van der Waals surface area (Å²) in [7, 11) is -1.33. The van der Waals surface area contributed by atoms with E-state index in [1.54, 1.807) is 0 Å². The van der Waals surface area contributed by atoms with Gasteiger partial charge in [0.2, 0.25) is 0 Å². The molecule has 0 spiro atoms. The van der Waals surface area contributed by atoms with Crippen molar-refractivity contribution < 1.29 is 0 Å². The lowest BCUT2D eigenvalue weighted by molar-refractivity contribution is 1.63. The summed E-state index contributed by atoms with van der Waals surface area (Å²) in [6, 6.07) is 8.49. The summed E-state index contributed by atoms with van der Waals surface area (Å²) in [6.45, 7) is 4.56. The summed E-state index contributed by atoms with van der Waals surface area (Å²) in [5, 5.41) is 1.42. The first kappa shape index (κ1) is 10.3. The van der Waals surface area contributed by atoms with Crippen molar-refractivity contribution in [3.63, 3.8) is 0 Å². The lowest BCUT2D eigenvalue weighted by Crippen LogP contribution is -2.43. The standard InChI is InChI=1S/C9H12BrClSi/c1-12(2,7-11)9-5-3-8(10)4-6-9/h3-6H,7H2,1-2H3. The molecule has 0 aromatic heterocycles. The quantitative estimate of drug-likeness (QED) is 0.568. The van der Waals surface area contributed by atoms with Gasteiger partial charge < -0.3 is 0 Å². The van der Waals surface area contributed by atoms with Crippen LogP contribution in [0.2, 0.25) is 13.1 Å². The SMILES string of the molecule is C[Si](C)(CCl)c1ccc(Br)cc1. The third kappa shape index (κ3) is 2.35. The third-order valence-electron chi connectivity index (χ3n) is 1.96. The molecule has 0 nitrogen and oxygen atoms in total. The van der Waals surface area contributed by atoms with Gasteiger partial charge in [0.1, 0.15) is 0 Å². The molecule has 0 atom stereocenters. The molecule has 0 saturated heterocycles. The van der Waals surface area contributed by atoms with Gasteiger partial charge in [-0.15, -0.1) is 11.6 Å². The van der Waals surface area contributed by atoms with Crippen LogP contribution in [0.15, 0.2) is 28.7 Å². The minimum atomic E-state index is -1.33. The molecule has 0 saturated carbocycles. The van der Waals surface area contributed by atoms with Crippen LogP contribution in [0.3, 0.4) is 0 Å². The predicted octanol–water partition coefficient (Wildman–Crippen LogP) is 3.14. The molecule has 0 aliphatic heterocycles. The van der Waals surface area contributed by atoms with Crippen molar-refractivity contribution >= 4 is 40.8 Å². The number of rotatable bonds is 2. The van der Waals surface area contributed by atoms with Crippen LogP contribution in [0.25, 0.3) is 0 Å². The average Bonchev–Trinajstić information content (AvgIpc) is 2.05. The van der Waals surface area contributed by atoms with Crippen LogP contribution in [0.4, 0.5) is 0 Å². The topological polar surface area (TPSA) is 0 Å². The zero-order chi connectivity index (χ0) is 9.19.